The number of nitriles is 1. The summed E-state index contributed by atoms with van der Waals surface area (Å²) in [6, 6.07) is 3.82. The molecule has 0 aromatic carbocycles. The normalized spacial score (nSPS) is 23.7. The first-order chi connectivity index (χ1) is 8.65. The van der Waals surface area contributed by atoms with Crippen molar-refractivity contribution in [3.8, 4) is 6.07 Å². The summed E-state index contributed by atoms with van der Waals surface area (Å²) < 4.78 is 5.48. The van der Waals surface area contributed by atoms with E-state index in [0.717, 1.165) is 19.5 Å². The zero-order chi connectivity index (χ0) is 13.1. The van der Waals surface area contributed by atoms with E-state index in [-0.39, 0.29) is 6.10 Å². The van der Waals surface area contributed by atoms with Gasteiger partial charge >= 0.3 is 0 Å². The molecule has 1 aromatic rings. The van der Waals surface area contributed by atoms with Gasteiger partial charge in [-0.3, -0.25) is 0 Å². The number of nitrogen functional groups attached to an aromatic ring is 1. The fourth-order valence-corrected chi connectivity index (χ4v) is 2.34. The second kappa shape index (κ2) is 5.23. The van der Waals surface area contributed by atoms with Crippen LogP contribution < -0.4 is 10.6 Å². The molecule has 2 unspecified atom stereocenters. The predicted molar refractivity (Wildman–Crippen MR) is 70.2 cm³/mol. The maximum atomic E-state index is 9.15. The number of aromatic nitrogens is 1. The van der Waals surface area contributed by atoms with E-state index in [1.807, 2.05) is 0 Å². The number of pyridine rings is 1. The highest BCUT2D eigenvalue weighted by atomic mass is 16.5. The van der Waals surface area contributed by atoms with Gasteiger partial charge in [-0.15, -0.1) is 0 Å². The lowest BCUT2D eigenvalue weighted by Gasteiger charge is -2.37. The van der Waals surface area contributed by atoms with E-state index >= 15 is 0 Å². The monoisotopic (exact) mass is 246 g/mol. The molecule has 96 valence electrons. The zero-order valence-corrected chi connectivity index (χ0v) is 10.8. The summed E-state index contributed by atoms with van der Waals surface area (Å²) in [5.74, 6) is 1.24. The Morgan fingerprint density at radius 2 is 2.39 bits per heavy atom. The van der Waals surface area contributed by atoms with Crippen LogP contribution >= 0.6 is 0 Å². The first-order valence-corrected chi connectivity index (χ1v) is 6.09. The van der Waals surface area contributed by atoms with Gasteiger partial charge in [0, 0.05) is 20.2 Å². The van der Waals surface area contributed by atoms with Gasteiger partial charge in [0.2, 0.25) is 0 Å². The summed E-state index contributed by atoms with van der Waals surface area (Å²) in [5, 5.41) is 9.15. The average Bonchev–Trinajstić information content (AvgIpc) is 2.39. The Morgan fingerprint density at radius 3 is 3.06 bits per heavy atom. The number of hydrogen-bond donors (Lipinski definition) is 1. The van der Waals surface area contributed by atoms with E-state index in [0.29, 0.717) is 23.0 Å². The Kier molecular flexibility index (Phi) is 3.68. The number of ether oxygens (including phenoxy) is 1. The molecular formula is C13H18N4O. The molecule has 2 heterocycles. The van der Waals surface area contributed by atoms with Crippen LogP contribution in [0, 0.1) is 17.2 Å². The van der Waals surface area contributed by atoms with Gasteiger partial charge in [0.05, 0.1) is 23.6 Å². The van der Waals surface area contributed by atoms with Crippen molar-refractivity contribution >= 4 is 11.5 Å². The maximum absolute atomic E-state index is 9.15. The summed E-state index contributed by atoms with van der Waals surface area (Å²) in [6.45, 7) is 3.85. The Morgan fingerprint density at radius 1 is 1.61 bits per heavy atom. The van der Waals surface area contributed by atoms with Crippen LogP contribution in [0.3, 0.4) is 0 Å². The SMILES string of the molecule is COC1CN(c2ncc(N)cc2C#N)CCC1C. The highest BCUT2D eigenvalue weighted by molar-refractivity contribution is 5.59. The van der Waals surface area contributed by atoms with Gasteiger partial charge in [-0.05, 0) is 18.4 Å². The molecule has 0 aliphatic carbocycles. The molecule has 18 heavy (non-hydrogen) atoms. The van der Waals surface area contributed by atoms with Crippen molar-refractivity contribution in [1.82, 2.24) is 4.98 Å². The third kappa shape index (κ3) is 2.39. The van der Waals surface area contributed by atoms with Crippen molar-refractivity contribution in [3.63, 3.8) is 0 Å². The van der Waals surface area contributed by atoms with Crippen LogP contribution in [0.1, 0.15) is 18.9 Å². The first-order valence-electron chi connectivity index (χ1n) is 6.09. The fourth-order valence-electron chi connectivity index (χ4n) is 2.34. The van der Waals surface area contributed by atoms with Crippen molar-refractivity contribution in [2.24, 2.45) is 5.92 Å². The van der Waals surface area contributed by atoms with Gasteiger partial charge in [0.1, 0.15) is 11.9 Å². The smallest absolute Gasteiger partial charge is 0.146 e. The minimum Gasteiger partial charge on any atom is -0.397 e. The molecule has 1 fully saturated rings. The Hall–Kier alpha value is -1.80. The summed E-state index contributed by atoms with van der Waals surface area (Å²) in [6.07, 6.45) is 2.82. The van der Waals surface area contributed by atoms with E-state index in [1.165, 1.54) is 0 Å². The third-order valence-corrected chi connectivity index (χ3v) is 3.50. The first kappa shape index (κ1) is 12.7. The molecule has 5 heteroatoms. The Labute approximate surface area is 107 Å². The summed E-state index contributed by atoms with van der Waals surface area (Å²) in [7, 11) is 1.73. The summed E-state index contributed by atoms with van der Waals surface area (Å²) in [4.78, 5) is 6.39. The third-order valence-electron chi connectivity index (χ3n) is 3.50. The number of nitrogens with zero attached hydrogens (tertiary/aromatic N) is 3. The summed E-state index contributed by atoms with van der Waals surface area (Å²) >= 11 is 0. The molecular weight excluding hydrogens is 228 g/mol. The lowest BCUT2D eigenvalue weighted by atomic mass is 9.95. The van der Waals surface area contributed by atoms with Crippen LogP contribution in [0.25, 0.3) is 0 Å². The van der Waals surface area contributed by atoms with Crippen molar-refractivity contribution < 1.29 is 4.74 Å². The lowest BCUT2D eigenvalue weighted by Crippen LogP contribution is -2.44. The van der Waals surface area contributed by atoms with Gasteiger partial charge in [0.25, 0.3) is 0 Å². The van der Waals surface area contributed by atoms with Crippen molar-refractivity contribution in [1.29, 1.82) is 5.26 Å². The predicted octanol–water partition coefficient (Wildman–Crippen LogP) is 1.40. The molecule has 1 saturated heterocycles. The molecule has 1 aromatic heterocycles. The van der Waals surface area contributed by atoms with E-state index in [9.17, 15) is 0 Å². The van der Waals surface area contributed by atoms with Crippen LogP contribution in [0.15, 0.2) is 12.3 Å². The largest absolute Gasteiger partial charge is 0.397 e. The molecule has 5 nitrogen and oxygen atoms in total. The number of rotatable bonds is 2. The van der Waals surface area contributed by atoms with Gasteiger partial charge in [-0.2, -0.15) is 5.26 Å². The van der Waals surface area contributed by atoms with Crippen LogP contribution in [0.4, 0.5) is 11.5 Å². The molecule has 0 saturated carbocycles. The van der Waals surface area contributed by atoms with Crippen molar-refractivity contribution in [2.45, 2.75) is 19.4 Å². The molecule has 0 bridgehead atoms. The molecule has 2 rings (SSSR count). The molecule has 1 aliphatic heterocycles. The topological polar surface area (TPSA) is 75.2 Å². The van der Waals surface area contributed by atoms with Gasteiger partial charge < -0.3 is 15.4 Å². The number of hydrogen-bond acceptors (Lipinski definition) is 5. The molecule has 0 radical (unpaired) electrons. The van der Waals surface area contributed by atoms with Gasteiger partial charge in [0.15, 0.2) is 0 Å². The number of nitrogens with two attached hydrogens (primary N) is 1. The van der Waals surface area contributed by atoms with E-state index in [4.69, 9.17) is 15.7 Å². The molecule has 2 N–H and O–H groups in total. The second-order valence-corrected chi connectivity index (χ2v) is 4.74. The van der Waals surface area contributed by atoms with Crippen molar-refractivity contribution in [2.75, 3.05) is 30.8 Å². The Bertz CT molecular complexity index is 469. The molecule has 0 spiro atoms. The molecule has 2 atom stereocenters. The standard InChI is InChI=1S/C13H18N4O/c1-9-3-4-17(8-12(9)18-2)13-10(6-14)5-11(15)7-16-13/h5,7,9,12H,3-4,8,15H2,1-2H3. The quantitative estimate of drug-likeness (QED) is 0.853. The second-order valence-electron chi connectivity index (χ2n) is 4.74. The highest BCUT2D eigenvalue weighted by Gasteiger charge is 2.27. The Balaban J connectivity index is 2.25. The van der Waals surface area contributed by atoms with Gasteiger partial charge in [-0.25, -0.2) is 4.98 Å². The minimum absolute atomic E-state index is 0.185. The molecule has 1 aliphatic rings. The highest BCUT2D eigenvalue weighted by Crippen LogP contribution is 2.26. The van der Waals surface area contributed by atoms with E-state index in [2.05, 4.69) is 22.9 Å². The van der Waals surface area contributed by atoms with E-state index < -0.39 is 0 Å². The zero-order valence-electron chi connectivity index (χ0n) is 10.8. The number of methoxy groups -OCH3 is 1. The van der Waals surface area contributed by atoms with Crippen LogP contribution in [0.5, 0.6) is 0 Å². The fraction of sp³-hybridized carbons (Fsp3) is 0.538. The van der Waals surface area contributed by atoms with Gasteiger partial charge in [-0.1, -0.05) is 6.92 Å². The lowest BCUT2D eigenvalue weighted by molar-refractivity contribution is 0.0496. The number of piperidine rings is 1. The van der Waals surface area contributed by atoms with Crippen molar-refractivity contribution in [3.05, 3.63) is 17.8 Å². The molecule has 0 amide bonds. The number of anilines is 2. The van der Waals surface area contributed by atoms with Crippen LogP contribution in [-0.2, 0) is 4.74 Å². The average molecular weight is 246 g/mol. The summed E-state index contributed by atoms with van der Waals surface area (Å²) in [5.41, 5.74) is 6.70. The van der Waals surface area contributed by atoms with E-state index in [1.54, 1.807) is 19.4 Å². The maximum Gasteiger partial charge on any atom is 0.146 e. The van der Waals surface area contributed by atoms with Crippen LogP contribution in [-0.4, -0.2) is 31.3 Å². The van der Waals surface area contributed by atoms with Crippen LogP contribution in [0.2, 0.25) is 0 Å². The minimum atomic E-state index is 0.185.